The maximum Gasteiger partial charge on any atom is 0.340 e. The summed E-state index contributed by atoms with van der Waals surface area (Å²) < 4.78 is 19.6. The van der Waals surface area contributed by atoms with Crippen LogP contribution in [0.5, 0.6) is 11.5 Å². The maximum absolute atomic E-state index is 12.5. The fraction of sp³-hybridized carbons (Fsp3) is 0.122. The molecule has 0 amide bonds. The molecule has 0 aliphatic carbocycles. The number of nitrogen functional groups attached to an aromatic ring is 2. The van der Waals surface area contributed by atoms with Crippen molar-refractivity contribution in [2.75, 3.05) is 32.8 Å². The molecule has 0 unspecified atom stereocenters. The molecule has 298 valence electrons. The summed E-state index contributed by atoms with van der Waals surface area (Å²) >= 11 is 0. The maximum atomic E-state index is 12.5. The quantitative estimate of drug-likeness (QED) is 0.0791. The number of methoxy groups -OCH3 is 3. The van der Waals surface area contributed by atoms with Crippen molar-refractivity contribution in [3.05, 3.63) is 167 Å². The highest BCUT2D eigenvalue weighted by Crippen LogP contribution is 2.40. The molecule has 0 atom stereocenters. The number of rotatable bonds is 8. The second-order valence-electron chi connectivity index (χ2n) is 14.0. The number of anilines is 2. The molecule has 0 saturated heterocycles. The number of fused-ring (bicyclic) bond motifs is 2. The zero-order valence-corrected chi connectivity index (χ0v) is 33.8. The Balaban J connectivity index is 0.000000182. The lowest BCUT2D eigenvalue weighted by molar-refractivity contribution is 0.0600. The normalized spacial score (nSPS) is 10.7. The molecule has 0 saturated carbocycles. The molecule has 0 fully saturated rings. The van der Waals surface area contributed by atoms with Crippen molar-refractivity contribution in [3.8, 4) is 45.1 Å². The Morgan fingerprint density at radius 3 is 1.58 bits per heavy atom. The molecule has 6 aromatic carbocycles. The van der Waals surface area contributed by atoms with E-state index < -0.39 is 5.97 Å². The van der Waals surface area contributed by atoms with Crippen molar-refractivity contribution in [2.24, 2.45) is 0 Å². The Morgan fingerprint density at radius 2 is 1.12 bits per heavy atom. The number of carbonyl (C=O) groups excluding carboxylic acids is 1. The average molecular weight is 795 g/mol. The minimum absolute atomic E-state index is 0.112. The summed E-state index contributed by atoms with van der Waals surface area (Å²) in [6.45, 7) is 18.7. The van der Waals surface area contributed by atoms with Crippen molar-refractivity contribution in [3.63, 3.8) is 0 Å². The molecule has 2 heterocycles. The third kappa shape index (κ3) is 7.33. The zero-order chi connectivity index (χ0) is 42.7. The van der Waals surface area contributed by atoms with E-state index >= 15 is 0 Å². The Bertz CT molecular complexity index is 3040. The third-order valence-corrected chi connectivity index (χ3v) is 10.8. The van der Waals surface area contributed by atoms with Gasteiger partial charge in [0.1, 0.15) is 11.5 Å². The van der Waals surface area contributed by atoms with Crippen LogP contribution in [0.1, 0.15) is 27.0 Å². The standard InChI is InChI=1S/C25H21N3O3.C24H21N3O2/c1-15-18(6-5-7-22(15)26)21-14-28(23-10-8-16(27-2)12-19(21)23)24-11-9-17(30-3)13-20(24)25(29)31-4;1-15-19(5-4-6-22(15)25)21-13-27(24-9-7-17(26-2)12-20(21)24)23-10-8-18(29-3)11-16(23)14-28/h5-14H,26H2,1,3-4H3;4-13,28H,14,25H2,1,3H3. The predicted octanol–water partition coefficient (Wildman–Crippen LogP) is 10.8. The number of nitrogens with zero attached hydrogens (tertiary/aromatic N) is 4. The number of aliphatic hydroxyl groups is 1. The molecule has 11 nitrogen and oxygen atoms in total. The fourth-order valence-corrected chi connectivity index (χ4v) is 7.47. The number of benzene rings is 6. The molecular weight excluding hydrogens is 753 g/mol. The molecule has 0 radical (unpaired) electrons. The van der Waals surface area contributed by atoms with Crippen molar-refractivity contribution in [2.45, 2.75) is 20.5 Å². The topological polar surface area (TPSA) is 136 Å². The predicted molar refractivity (Wildman–Crippen MR) is 239 cm³/mol. The van der Waals surface area contributed by atoms with Crippen LogP contribution in [0.25, 0.3) is 65.1 Å². The van der Waals surface area contributed by atoms with Crippen LogP contribution in [-0.4, -0.2) is 41.5 Å². The van der Waals surface area contributed by atoms with Crippen LogP contribution in [0, 0.1) is 27.0 Å². The van der Waals surface area contributed by atoms with Gasteiger partial charge in [-0.1, -0.05) is 36.4 Å². The smallest absolute Gasteiger partial charge is 0.340 e. The van der Waals surface area contributed by atoms with E-state index in [-0.39, 0.29) is 6.61 Å². The number of nitrogens with two attached hydrogens (primary N) is 2. The summed E-state index contributed by atoms with van der Waals surface area (Å²) in [5.41, 5.74) is 25.2. The number of esters is 1. The largest absolute Gasteiger partial charge is 0.497 e. The van der Waals surface area contributed by atoms with Gasteiger partial charge in [-0.3, -0.25) is 0 Å². The highest BCUT2D eigenvalue weighted by Gasteiger charge is 2.21. The van der Waals surface area contributed by atoms with E-state index in [4.69, 9.17) is 38.8 Å². The molecule has 5 N–H and O–H groups in total. The van der Waals surface area contributed by atoms with Crippen molar-refractivity contribution in [1.82, 2.24) is 9.13 Å². The molecule has 2 aromatic heterocycles. The lowest BCUT2D eigenvalue weighted by Gasteiger charge is -2.12. The first-order chi connectivity index (χ1) is 29.0. The summed E-state index contributed by atoms with van der Waals surface area (Å²) in [6.07, 6.45) is 4.01. The van der Waals surface area contributed by atoms with E-state index in [2.05, 4.69) is 9.69 Å². The minimum Gasteiger partial charge on any atom is -0.497 e. The van der Waals surface area contributed by atoms with Crippen molar-refractivity contribution >= 4 is 50.5 Å². The summed E-state index contributed by atoms with van der Waals surface area (Å²) in [4.78, 5) is 19.7. The average Bonchev–Trinajstić information content (AvgIpc) is 3.85. The summed E-state index contributed by atoms with van der Waals surface area (Å²) in [7, 11) is 4.50. The second-order valence-corrected chi connectivity index (χ2v) is 14.0. The first-order valence-electron chi connectivity index (χ1n) is 18.9. The van der Waals surface area contributed by atoms with Crippen molar-refractivity contribution in [1.29, 1.82) is 0 Å². The Morgan fingerprint density at radius 1 is 0.633 bits per heavy atom. The zero-order valence-electron chi connectivity index (χ0n) is 33.8. The van der Waals surface area contributed by atoms with Crippen molar-refractivity contribution < 1.29 is 24.1 Å². The number of aromatic nitrogens is 2. The number of hydrogen-bond donors (Lipinski definition) is 3. The van der Waals surface area contributed by atoms with Gasteiger partial charge in [0.05, 0.1) is 69.1 Å². The van der Waals surface area contributed by atoms with Gasteiger partial charge in [-0.05, 0) is 120 Å². The van der Waals surface area contributed by atoms with Crippen LogP contribution in [0.3, 0.4) is 0 Å². The van der Waals surface area contributed by atoms with Crippen LogP contribution in [0.2, 0.25) is 0 Å². The first kappa shape index (κ1) is 40.2. The van der Waals surface area contributed by atoms with Gasteiger partial charge in [-0.2, -0.15) is 0 Å². The molecule has 0 aliphatic heterocycles. The van der Waals surface area contributed by atoms with E-state index in [0.29, 0.717) is 39.8 Å². The SMILES string of the molecule is [C-]#[N+]c1ccc2c(c1)c(-c1cccc(N)c1C)cn2-c1ccc(OC)cc1C(=O)OC.[C-]#[N+]c1ccc2c(c1)c(-c1cccc(N)c1C)cn2-c1ccc(OC)cc1CO. The highest BCUT2D eigenvalue weighted by atomic mass is 16.5. The lowest BCUT2D eigenvalue weighted by Crippen LogP contribution is -2.07. The molecule has 60 heavy (non-hydrogen) atoms. The molecule has 0 spiro atoms. The number of aliphatic hydroxyl groups excluding tert-OH is 1. The molecule has 8 rings (SSSR count). The number of ether oxygens (including phenoxy) is 3. The highest BCUT2D eigenvalue weighted by molar-refractivity contribution is 6.03. The molecular formula is C49H42N6O5. The van der Waals surface area contributed by atoms with Gasteiger partial charge in [0.15, 0.2) is 11.4 Å². The first-order valence-corrected chi connectivity index (χ1v) is 18.9. The van der Waals surface area contributed by atoms with Gasteiger partial charge >= 0.3 is 5.97 Å². The van der Waals surface area contributed by atoms with E-state index in [9.17, 15) is 9.90 Å². The van der Waals surface area contributed by atoms with Crippen LogP contribution in [0.4, 0.5) is 22.7 Å². The van der Waals surface area contributed by atoms with Crippen LogP contribution in [0.15, 0.2) is 122 Å². The fourth-order valence-electron chi connectivity index (χ4n) is 7.47. The minimum atomic E-state index is -0.463. The number of carbonyl (C=O) groups is 1. The van der Waals surface area contributed by atoms with E-state index in [1.807, 2.05) is 126 Å². The van der Waals surface area contributed by atoms with Gasteiger partial charge in [-0.15, -0.1) is 0 Å². The van der Waals surface area contributed by atoms with Gasteiger partial charge in [-0.25, -0.2) is 14.5 Å². The summed E-state index contributed by atoms with van der Waals surface area (Å²) in [5.74, 6) is 0.787. The summed E-state index contributed by atoms with van der Waals surface area (Å²) in [5, 5.41) is 11.8. The van der Waals surface area contributed by atoms with Crippen LogP contribution >= 0.6 is 0 Å². The lowest BCUT2D eigenvalue weighted by atomic mass is 9.99. The molecule has 0 aliphatic rings. The Labute approximate surface area is 347 Å². The van der Waals surface area contributed by atoms with E-state index in [0.717, 1.165) is 72.1 Å². The monoisotopic (exact) mass is 794 g/mol. The summed E-state index contributed by atoms with van der Waals surface area (Å²) in [6, 6.07) is 33.7. The van der Waals surface area contributed by atoms with Gasteiger partial charge in [0.2, 0.25) is 0 Å². The van der Waals surface area contributed by atoms with E-state index in [1.54, 1.807) is 32.4 Å². The third-order valence-electron chi connectivity index (χ3n) is 10.8. The molecule has 0 bridgehead atoms. The molecule has 8 aromatic rings. The Hall–Kier alpha value is -7.99. The van der Waals surface area contributed by atoms with Crippen LogP contribution < -0.4 is 20.9 Å². The van der Waals surface area contributed by atoms with Gasteiger partial charge in [0, 0.05) is 40.5 Å². The number of hydrogen-bond acceptors (Lipinski definition) is 7. The Kier molecular flexibility index (Phi) is 11.3. The van der Waals surface area contributed by atoms with Gasteiger partial charge < -0.3 is 39.9 Å². The van der Waals surface area contributed by atoms with Gasteiger partial charge in [0.25, 0.3) is 0 Å². The second kappa shape index (κ2) is 16.9. The van der Waals surface area contributed by atoms with Crippen LogP contribution in [-0.2, 0) is 11.3 Å². The molecule has 11 heteroatoms. The van der Waals surface area contributed by atoms with E-state index in [1.165, 1.54) is 7.11 Å².